The van der Waals surface area contributed by atoms with Gasteiger partial charge in [0, 0.05) is 24.7 Å². The zero-order chi connectivity index (χ0) is 14.7. The fourth-order valence-electron chi connectivity index (χ4n) is 3.50. The zero-order valence-electron chi connectivity index (χ0n) is 12.6. The Kier molecular flexibility index (Phi) is 4.89. The summed E-state index contributed by atoms with van der Waals surface area (Å²) in [5, 5.41) is 10.7. The standard InChI is InChI=1S/C17H24O3S/c1-21-15-4-2-13(3-5-15)16(18)14-6-9-20-17(12-14)7-10-19-11-8-17/h2-5,14,16,18H,6-12H2,1H3. The van der Waals surface area contributed by atoms with Gasteiger partial charge in [0.2, 0.25) is 0 Å². The van der Waals surface area contributed by atoms with E-state index in [9.17, 15) is 5.11 Å². The highest BCUT2D eigenvalue weighted by Crippen LogP contribution is 2.41. The molecule has 116 valence electrons. The number of benzene rings is 1. The van der Waals surface area contributed by atoms with Gasteiger partial charge in [-0.3, -0.25) is 0 Å². The van der Waals surface area contributed by atoms with Crippen molar-refractivity contribution in [1.82, 2.24) is 0 Å². The Morgan fingerprint density at radius 3 is 2.57 bits per heavy atom. The number of ether oxygens (including phenoxy) is 2. The monoisotopic (exact) mass is 308 g/mol. The normalized spacial score (nSPS) is 26.7. The average Bonchev–Trinajstić information content (AvgIpc) is 2.55. The van der Waals surface area contributed by atoms with E-state index >= 15 is 0 Å². The van der Waals surface area contributed by atoms with Gasteiger partial charge in [-0.2, -0.15) is 0 Å². The van der Waals surface area contributed by atoms with E-state index in [1.54, 1.807) is 11.8 Å². The smallest absolute Gasteiger partial charge is 0.0820 e. The summed E-state index contributed by atoms with van der Waals surface area (Å²) in [6.07, 6.45) is 5.49. The minimum absolute atomic E-state index is 0.0542. The van der Waals surface area contributed by atoms with E-state index in [2.05, 4.69) is 30.5 Å². The molecule has 0 aromatic heterocycles. The molecule has 0 aliphatic carbocycles. The third kappa shape index (κ3) is 3.45. The summed E-state index contributed by atoms with van der Waals surface area (Å²) in [6, 6.07) is 8.30. The molecule has 0 saturated carbocycles. The molecule has 2 saturated heterocycles. The fourth-order valence-corrected chi connectivity index (χ4v) is 3.91. The lowest BCUT2D eigenvalue weighted by Crippen LogP contribution is -2.45. The second-order valence-corrected chi connectivity index (χ2v) is 6.99. The molecule has 2 aliphatic rings. The van der Waals surface area contributed by atoms with Crippen molar-refractivity contribution < 1.29 is 14.6 Å². The van der Waals surface area contributed by atoms with Crippen LogP contribution in [0.2, 0.25) is 0 Å². The van der Waals surface area contributed by atoms with Crippen molar-refractivity contribution in [3.63, 3.8) is 0 Å². The summed E-state index contributed by atoms with van der Waals surface area (Å²) in [5.74, 6) is 0.289. The largest absolute Gasteiger partial charge is 0.388 e. The van der Waals surface area contributed by atoms with Crippen LogP contribution in [0.4, 0.5) is 0 Å². The highest BCUT2D eigenvalue weighted by molar-refractivity contribution is 7.98. The van der Waals surface area contributed by atoms with Gasteiger partial charge in [-0.1, -0.05) is 12.1 Å². The van der Waals surface area contributed by atoms with Crippen LogP contribution in [0.1, 0.15) is 37.4 Å². The Labute approximate surface area is 131 Å². The minimum Gasteiger partial charge on any atom is -0.388 e. The second kappa shape index (κ2) is 6.69. The van der Waals surface area contributed by atoms with Gasteiger partial charge in [0.15, 0.2) is 0 Å². The summed E-state index contributed by atoms with van der Waals surface area (Å²) >= 11 is 1.73. The van der Waals surface area contributed by atoms with Crippen molar-refractivity contribution in [3.05, 3.63) is 29.8 Å². The molecule has 1 N–H and O–H groups in total. The van der Waals surface area contributed by atoms with Gasteiger partial charge < -0.3 is 14.6 Å². The fraction of sp³-hybridized carbons (Fsp3) is 0.647. The first-order valence-corrected chi connectivity index (χ1v) is 8.99. The molecule has 2 fully saturated rings. The Balaban J connectivity index is 1.69. The number of aliphatic hydroxyl groups excluding tert-OH is 1. The van der Waals surface area contributed by atoms with Crippen LogP contribution in [-0.4, -0.2) is 36.8 Å². The molecule has 1 aromatic rings. The van der Waals surface area contributed by atoms with Crippen LogP contribution in [0.5, 0.6) is 0 Å². The van der Waals surface area contributed by atoms with E-state index in [1.165, 1.54) is 4.90 Å². The van der Waals surface area contributed by atoms with Crippen LogP contribution in [0.3, 0.4) is 0 Å². The lowest BCUT2D eigenvalue weighted by molar-refractivity contribution is -0.159. The zero-order valence-corrected chi connectivity index (χ0v) is 13.4. The molecule has 21 heavy (non-hydrogen) atoms. The molecule has 2 heterocycles. The molecule has 0 bridgehead atoms. The summed E-state index contributed by atoms with van der Waals surface area (Å²) in [6.45, 7) is 2.32. The van der Waals surface area contributed by atoms with Crippen LogP contribution in [-0.2, 0) is 9.47 Å². The minimum atomic E-state index is -0.385. The number of hydrogen-bond donors (Lipinski definition) is 1. The molecule has 3 nitrogen and oxygen atoms in total. The number of hydrogen-bond acceptors (Lipinski definition) is 4. The Hall–Kier alpha value is -0.550. The summed E-state index contributed by atoms with van der Waals surface area (Å²) < 4.78 is 11.5. The summed E-state index contributed by atoms with van der Waals surface area (Å²) in [4.78, 5) is 1.24. The van der Waals surface area contributed by atoms with E-state index in [0.29, 0.717) is 0 Å². The van der Waals surface area contributed by atoms with Gasteiger partial charge in [-0.05, 0) is 55.6 Å². The van der Waals surface area contributed by atoms with Crippen molar-refractivity contribution in [2.75, 3.05) is 26.1 Å². The van der Waals surface area contributed by atoms with Gasteiger partial charge in [0.05, 0.1) is 11.7 Å². The quantitative estimate of drug-likeness (QED) is 0.869. The van der Waals surface area contributed by atoms with Crippen LogP contribution in [0, 0.1) is 5.92 Å². The topological polar surface area (TPSA) is 38.7 Å². The SMILES string of the molecule is CSc1ccc(C(O)C2CCOC3(CCOCC3)C2)cc1. The van der Waals surface area contributed by atoms with Crippen molar-refractivity contribution in [2.24, 2.45) is 5.92 Å². The molecule has 1 spiro atoms. The van der Waals surface area contributed by atoms with Crippen LogP contribution >= 0.6 is 11.8 Å². The molecule has 2 aliphatic heterocycles. The van der Waals surface area contributed by atoms with E-state index < -0.39 is 0 Å². The predicted molar refractivity (Wildman–Crippen MR) is 84.6 cm³/mol. The third-order valence-corrected chi connectivity index (χ3v) is 5.58. The van der Waals surface area contributed by atoms with E-state index in [1.807, 2.05) is 0 Å². The lowest BCUT2D eigenvalue weighted by atomic mass is 9.77. The van der Waals surface area contributed by atoms with Crippen LogP contribution in [0.15, 0.2) is 29.2 Å². The number of thioether (sulfide) groups is 1. The molecule has 4 heteroatoms. The first kappa shape index (κ1) is 15.3. The molecule has 3 rings (SSSR count). The first-order chi connectivity index (χ1) is 10.2. The summed E-state index contributed by atoms with van der Waals surface area (Å²) in [5.41, 5.74) is 0.975. The predicted octanol–water partition coefficient (Wildman–Crippen LogP) is 3.42. The number of rotatable bonds is 3. The Bertz CT molecular complexity index is 448. The van der Waals surface area contributed by atoms with E-state index in [-0.39, 0.29) is 17.6 Å². The number of aliphatic hydroxyl groups is 1. The maximum absolute atomic E-state index is 10.7. The Morgan fingerprint density at radius 1 is 1.19 bits per heavy atom. The van der Waals surface area contributed by atoms with E-state index in [0.717, 1.165) is 51.1 Å². The van der Waals surface area contributed by atoms with Gasteiger partial charge >= 0.3 is 0 Å². The van der Waals surface area contributed by atoms with Crippen molar-refractivity contribution >= 4 is 11.8 Å². The van der Waals surface area contributed by atoms with Gasteiger partial charge in [-0.25, -0.2) is 0 Å². The van der Waals surface area contributed by atoms with Crippen LogP contribution in [0.25, 0.3) is 0 Å². The van der Waals surface area contributed by atoms with Crippen molar-refractivity contribution in [2.45, 2.75) is 42.3 Å². The molecule has 2 atom stereocenters. The molecular weight excluding hydrogens is 284 g/mol. The molecule has 0 radical (unpaired) electrons. The maximum Gasteiger partial charge on any atom is 0.0820 e. The average molecular weight is 308 g/mol. The first-order valence-electron chi connectivity index (χ1n) is 7.76. The molecular formula is C17H24O3S. The van der Waals surface area contributed by atoms with Gasteiger partial charge in [-0.15, -0.1) is 11.8 Å². The Morgan fingerprint density at radius 2 is 1.90 bits per heavy atom. The molecule has 2 unspecified atom stereocenters. The van der Waals surface area contributed by atoms with Gasteiger partial charge in [0.1, 0.15) is 0 Å². The highest BCUT2D eigenvalue weighted by Gasteiger charge is 2.41. The maximum atomic E-state index is 10.7. The van der Waals surface area contributed by atoms with E-state index in [4.69, 9.17) is 9.47 Å². The lowest BCUT2D eigenvalue weighted by Gasteiger charge is -2.44. The third-order valence-electron chi connectivity index (χ3n) is 4.84. The van der Waals surface area contributed by atoms with Crippen molar-refractivity contribution in [3.8, 4) is 0 Å². The van der Waals surface area contributed by atoms with Crippen LogP contribution < -0.4 is 0 Å². The second-order valence-electron chi connectivity index (χ2n) is 6.11. The highest BCUT2D eigenvalue weighted by atomic mass is 32.2. The summed E-state index contributed by atoms with van der Waals surface area (Å²) in [7, 11) is 0. The molecule has 0 amide bonds. The van der Waals surface area contributed by atoms with Gasteiger partial charge in [0.25, 0.3) is 0 Å². The van der Waals surface area contributed by atoms with Crippen molar-refractivity contribution in [1.29, 1.82) is 0 Å². The molecule has 1 aromatic carbocycles.